The Morgan fingerprint density at radius 2 is 2.03 bits per heavy atom. The second-order valence-electron chi connectivity index (χ2n) is 8.75. The third kappa shape index (κ3) is 3.54. The maximum Gasteiger partial charge on any atom is 0.259 e. The van der Waals surface area contributed by atoms with Gasteiger partial charge >= 0.3 is 0 Å². The summed E-state index contributed by atoms with van der Waals surface area (Å²) in [6, 6.07) is 8.38. The number of hydrogen-bond acceptors (Lipinski definition) is 6. The van der Waals surface area contributed by atoms with Gasteiger partial charge in [0.05, 0.1) is 17.8 Å². The molecule has 0 radical (unpaired) electrons. The Bertz CT molecular complexity index is 1320. The normalized spacial score (nSPS) is 16.6. The zero-order valence-corrected chi connectivity index (χ0v) is 18.8. The minimum atomic E-state index is -0.0753. The molecule has 0 spiro atoms. The van der Waals surface area contributed by atoms with E-state index in [1.54, 1.807) is 6.33 Å². The van der Waals surface area contributed by atoms with E-state index < -0.39 is 0 Å². The fraction of sp³-hybridized carbons (Fsp3) is 0.417. The van der Waals surface area contributed by atoms with Crippen LogP contribution in [-0.4, -0.2) is 49.5 Å². The topological polar surface area (TPSA) is 91.7 Å². The van der Waals surface area contributed by atoms with E-state index in [1.807, 2.05) is 25.1 Å². The van der Waals surface area contributed by atoms with Gasteiger partial charge in [-0.25, -0.2) is 15.0 Å². The number of fused-ring (bicyclic) bond motifs is 2. The van der Waals surface area contributed by atoms with E-state index in [4.69, 9.17) is 0 Å². The average molecular weight is 432 g/mol. The highest BCUT2D eigenvalue weighted by molar-refractivity contribution is 5.85. The van der Waals surface area contributed by atoms with Gasteiger partial charge in [-0.3, -0.25) is 4.79 Å². The van der Waals surface area contributed by atoms with Crippen molar-refractivity contribution in [2.45, 2.75) is 45.2 Å². The number of aromatic nitrogens is 5. The van der Waals surface area contributed by atoms with Gasteiger partial charge in [0, 0.05) is 11.7 Å². The van der Waals surface area contributed by atoms with Crippen LogP contribution in [0.1, 0.15) is 49.5 Å². The molecule has 0 aliphatic carbocycles. The third-order valence-electron chi connectivity index (χ3n) is 6.67. The molecule has 4 heterocycles. The van der Waals surface area contributed by atoms with Crippen LogP contribution in [0.15, 0.2) is 41.7 Å². The van der Waals surface area contributed by atoms with Gasteiger partial charge in [0.1, 0.15) is 11.8 Å². The average Bonchev–Trinajstić information content (AvgIpc) is 3.28. The zero-order chi connectivity index (χ0) is 22.2. The highest BCUT2D eigenvalue weighted by atomic mass is 16.1. The zero-order valence-electron chi connectivity index (χ0n) is 18.8. The van der Waals surface area contributed by atoms with Crippen LogP contribution in [-0.2, 0) is 0 Å². The highest BCUT2D eigenvalue weighted by Crippen LogP contribution is 2.31. The predicted molar refractivity (Wildman–Crippen MR) is 127 cm³/mol. The molecule has 1 aliphatic heterocycles. The van der Waals surface area contributed by atoms with Gasteiger partial charge in [-0.15, -0.1) is 0 Å². The predicted octanol–water partition coefficient (Wildman–Crippen LogP) is 3.81. The number of likely N-dealkylation sites (tertiary alicyclic amines) is 1. The van der Waals surface area contributed by atoms with Gasteiger partial charge < -0.3 is 19.8 Å². The van der Waals surface area contributed by atoms with Gasteiger partial charge in [0.2, 0.25) is 0 Å². The molecule has 2 N–H and O–H groups in total. The molecule has 1 fully saturated rings. The van der Waals surface area contributed by atoms with Crippen LogP contribution in [0.4, 0.5) is 5.82 Å². The molecule has 0 saturated carbocycles. The van der Waals surface area contributed by atoms with Crippen molar-refractivity contribution in [1.82, 2.24) is 29.4 Å². The van der Waals surface area contributed by atoms with E-state index in [1.165, 1.54) is 6.33 Å². The Hall–Kier alpha value is -3.26. The van der Waals surface area contributed by atoms with Gasteiger partial charge in [0.15, 0.2) is 11.5 Å². The van der Waals surface area contributed by atoms with E-state index in [2.05, 4.69) is 54.8 Å². The summed E-state index contributed by atoms with van der Waals surface area (Å²) in [6.07, 6.45) is 5.89. The first-order chi connectivity index (χ1) is 15.6. The van der Waals surface area contributed by atoms with Gasteiger partial charge in [-0.05, 0) is 63.3 Å². The molecule has 0 amide bonds. The molecule has 1 saturated heterocycles. The summed E-state index contributed by atoms with van der Waals surface area (Å²) in [4.78, 5) is 32.2. The number of piperidine rings is 1. The molecule has 8 nitrogen and oxygen atoms in total. The SMILES string of the molecule is CCC(Nc1ncnc2nc[nH]c12)c1cc2cccc(C)c2c(=O)n1C1CCN(C)CC1. The van der Waals surface area contributed by atoms with E-state index in [-0.39, 0.29) is 17.6 Å². The Morgan fingerprint density at radius 3 is 2.81 bits per heavy atom. The minimum Gasteiger partial charge on any atom is -0.360 e. The molecule has 1 aromatic carbocycles. The van der Waals surface area contributed by atoms with Crippen molar-refractivity contribution in [3.8, 4) is 0 Å². The van der Waals surface area contributed by atoms with Crippen molar-refractivity contribution < 1.29 is 0 Å². The molecular weight excluding hydrogens is 402 g/mol. The highest BCUT2D eigenvalue weighted by Gasteiger charge is 2.26. The fourth-order valence-electron chi connectivity index (χ4n) is 4.89. The molecule has 8 heteroatoms. The summed E-state index contributed by atoms with van der Waals surface area (Å²) in [7, 11) is 2.14. The second kappa shape index (κ2) is 8.35. The quantitative estimate of drug-likeness (QED) is 0.499. The van der Waals surface area contributed by atoms with Crippen molar-refractivity contribution in [3.63, 3.8) is 0 Å². The van der Waals surface area contributed by atoms with Crippen molar-refractivity contribution in [1.29, 1.82) is 0 Å². The number of nitrogens with zero attached hydrogens (tertiary/aromatic N) is 5. The van der Waals surface area contributed by atoms with E-state index >= 15 is 0 Å². The summed E-state index contributed by atoms with van der Waals surface area (Å²) in [5, 5.41) is 5.39. The van der Waals surface area contributed by atoms with Crippen LogP contribution in [0, 0.1) is 6.92 Å². The van der Waals surface area contributed by atoms with Crippen molar-refractivity contribution >= 4 is 27.8 Å². The lowest BCUT2D eigenvalue weighted by Gasteiger charge is -2.34. The molecule has 1 aliphatic rings. The van der Waals surface area contributed by atoms with Crippen LogP contribution in [0.2, 0.25) is 0 Å². The third-order valence-corrected chi connectivity index (χ3v) is 6.67. The molecule has 32 heavy (non-hydrogen) atoms. The number of aromatic amines is 1. The van der Waals surface area contributed by atoms with Crippen LogP contribution >= 0.6 is 0 Å². The van der Waals surface area contributed by atoms with Crippen molar-refractivity contribution in [2.75, 3.05) is 25.5 Å². The van der Waals surface area contributed by atoms with E-state index in [0.29, 0.717) is 11.5 Å². The van der Waals surface area contributed by atoms with E-state index in [9.17, 15) is 4.79 Å². The summed E-state index contributed by atoms with van der Waals surface area (Å²) < 4.78 is 2.06. The molecule has 0 bridgehead atoms. The van der Waals surface area contributed by atoms with Gasteiger partial charge in [-0.2, -0.15) is 0 Å². The summed E-state index contributed by atoms with van der Waals surface area (Å²) in [5.74, 6) is 0.700. The largest absolute Gasteiger partial charge is 0.360 e. The first-order valence-corrected chi connectivity index (χ1v) is 11.3. The number of nitrogens with one attached hydrogen (secondary N) is 2. The lowest BCUT2D eigenvalue weighted by Crippen LogP contribution is -2.38. The first-order valence-electron chi connectivity index (χ1n) is 11.3. The molecule has 3 aromatic heterocycles. The smallest absolute Gasteiger partial charge is 0.259 e. The molecule has 5 rings (SSSR count). The van der Waals surface area contributed by atoms with Crippen LogP contribution < -0.4 is 10.9 Å². The second-order valence-corrected chi connectivity index (χ2v) is 8.75. The molecule has 166 valence electrons. The van der Waals surface area contributed by atoms with Crippen LogP contribution in [0.3, 0.4) is 0 Å². The maximum atomic E-state index is 13.9. The van der Waals surface area contributed by atoms with E-state index in [0.717, 1.165) is 59.9 Å². The number of benzene rings is 1. The van der Waals surface area contributed by atoms with Gasteiger partial charge in [0.25, 0.3) is 5.56 Å². The number of hydrogen-bond donors (Lipinski definition) is 2. The molecule has 1 unspecified atom stereocenters. The Kier molecular flexibility index (Phi) is 5.38. The minimum absolute atomic E-state index is 0.0753. The van der Waals surface area contributed by atoms with Crippen molar-refractivity contribution in [2.24, 2.45) is 0 Å². The summed E-state index contributed by atoms with van der Waals surface area (Å²) in [5.41, 5.74) is 3.54. The number of pyridine rings is 1. The number of imidazole rings is 1. The van der Waals surface area contributed by atoms with Crippen LogP contribution in [0.5, 0.6) is 0 Å². The molecular formula is C24H29N7O. The molecule has 4 aromatic rings. The monoisotopic (exact) mass is 431 g/mol. The maximum absolute atomic E-state index is 13.9. The number of anilines is 1. The number of H-pyrrole nitrogens is 1. The lowest BCUT2D eigenvalue weighted by atomic mass is 9.98. The first kappa shape index (κ1) is 20.6. The fourth-order valence-corrected chi connectivity index (χ4v) is 4.89. The Morgan fingerprint density at radius 1 is 1.22 bits per heavy atom. The van der Waals surface area contributed by atoms with Crippen molar-refractivity contribution in [3.05, 3.63) is 58.5 Å². The Balaban J connectivity index is 1.66. The summed E-state index contributed by atoms with van der Waals surface area (Å²) >= 11 is 0. The van der Waals surface area contributed by atoms with Crippen LogP contribution in [0.25, 0.3) is 21.9 Å². The number of aryl methyl sites for hydroxylation is 1. The molecule has 1 atom stereocenters. The number of rotatable bonds is 5. The summed E-state index contributed by atoms with van der Waals surface area (Å²) in [6.45, 7) is 6.14. The lowest BCUT2D eigenvalue weighted by molar-refractivity contribution is 0.216. The standard InChI is InChI=1S/C24H29N7O/c1-4-18(29-23-21-22(26-13-25-21)27-14-28-23)19-12-16-7-5-6-15(2)20(16)24(32)31(19)17-8-10-30(3)11-9-17/h5-7,12-14,17-18H,4,8-11H2,1-3H3,(H2,25,26,27,28,29). The Labute approximate surface area is 186 Å². The van der Waals surface area contributed by atoms with Gasteiger partial charge in [-0.1, -0.05) is 25.1 Å².